The molecule has 0 unspecified atom stereocenters. The van der Waals surface area contributed by atoms with Gasteiger partial charge >= 0.3 is 0 Å². The molecule has 2 rings (SSSR count). The second-order valence-corrected chi connectivity index (χ2v) is 5.81. The Labute approximate surface area is 154 Å². The number of methoxy groups -OCH3 is 2. The third-order valence-electron chi connectivity index (χ3n) is 3.71. The smallest absolute Gasteiger partial charge is 0.267 e. The Bertz CT molecular complexity index is 745. The van der Waals surface area contributed by atoms with Crippen LogP contribution in [0.2, 0.25) is 0 Å². The maximum atomic E-state index is 12.5. The third kappa shape index (κ3) is 4.99. The molecule has 0 N–H and O–H groups in total. The topological polar surface area (TPSA) is 60.4 Å². The highest BCUT2D eigenvalue weighted by Crippen LogP contribution is 2.22. The molecule has 0 aliphatic carbocycles. The number of para-hydroxylation sites is 1. The van der Waals surface area contributed by atoms with Crippen molar-refractivity contribution in [2.75, 3.05) is 25.7 Å². The molecule has 2 aromatic rings. The monoisotopic (exact) mass is 356 g/mol. The fourth-order valence-electron chi connectivity index (χ4n) is 2.52. The minimum Gasteiger partial charge on any atom is -0.497 e. The Kier molecular flexibility index (Phi) is 7.02. The highest BCUT2D eigenvalue weighted by molar-refractivity contribution is 5.94. The Morgan fingerprint density at radius 1 is 1.12 bits per heavy atom. The molecule has 6 nitrogen and oxygen atoms in total. The number of oxime groups is 1. The van der Waals surface area contributed by atoms with E-state index in [0.717, 1.165) is 5.69 Å². The minimum absolute atomic E-state index is 0.0101. The molecule has 138 valence electrons. The average Bonchev–Trinajstić information content (AvgIpc) is 2.65. The van der Waals surface area contributed by atoms with Crippen molar-refractivity contribution in [1.29, 1.82) is 0 Å². The second kappa shape index (κ2) is 9.46. The van der Waals surface area contributed by atoms with Gasteiger partial charge in [0.1, 0.15) is 11.5 Å². The van der Waals surface area contributed by atoms with Gasteiger partial charge in [0.05, 0.1) is 20.4 Å². The molecular weight excluding hydrogens is 332 g/mol. The van der Waals surface area contributed by atoms with Crippen molar-refractivity contribution in [3.8, 4) is 11.5 Å². The molecule has 6 heteroatoms. The lowest BCUT2D eigenvalue weighted by Gasteiger charge is -2.26. The van der Waals surface area contributed by atoms with Crippen LogP contribution < -0.4 is 14.4 Å². The largest absolute Gasteiger partial charge is 0.497 e. The highest BCUT2D eigenvalue weighted by Gasteiger charge is 2.19. The molecule has 0 saturated carbocycles. The maximum absolute atomic E-state index is 12.5. The van der Waals surface area contributed by atoms with Crippen molar-refractivity contribution >= 4 is 17.8 Å². The maximum Gasteiger partial charge on any atom is 0.267 e. The number of ether oxygens (including phenoxy) is 2. The highest BCUT2D eigenvalue weighted by atomic mass is 16.6. The molecule has 0 heterocycles. The van der Waals surface area contributed by atoms with E-state index >= 15 is 0 Å². The van der Waals surface area contributed by atoms with Gasteiger partial charge < -0.3 is 19.2 Å². The first kappa shape index (κ1) is 19.3. The molecule has 0 fully saturated rings. The molecule has 0 aliphatic rings. The first-order valence-corrected chi connectivity index (χ1v) is 8.31. The van der Waals surface area contributed by atoms with E-state index in [0.29, 0.717) is 17.1 Å². The number of carbonyl (C=O) groups is 1. The van der Waals surface area contributed by atoms with Gasteiger partial charge in [-0.05, 0) is 44.2 Å². The fraction of sp³-hybridized carbons (Fsp3) is 0.300. The van der Waals surface area contributed by atoms with Crippen LogP contribution in [0.25, 0.3) is 0 Å². The van der Waals surface area contributed by atoms with Crippen molar-refractivity contribution in [1.82, 2.24) is 0 Å². The predicted octanol–water partition coefficient (Wildman–Crippen LogP) is 3.50. The van der Waals surface area contributed by atoms with E-state index in [2.05, 4.69) is 5.16 Å². The molecule has 0 atom stereocenters. The van der Waals surface area contributed by atoms with Crippen LogP contribution in [0, 0.1) is 0 Å². The fourth-order valence-corrected chi connectivity index (χ4v) is 2.52. The van der Waals surface area contributed by atoms with Crippen LogP contribution >= 0.6 is 0 Å². The summed E-state index contributed by atoms with van der Waals surface area (Å²) in [4.78, 5) is 19.4. The molecule has 0 bridgehead atoms. The van der Waals surface area contributed by atoms with Crippen LogP contribution in [-0.4, -0.2) is 39.0 Å². The van der Waals surface area contributed by atoms with Gasteiger partial charge in [0.15, 0.2) is 6.61 Å². The second-order valence-electron chi connectivity index (χ2n) is 5.81. The van der Waals surface area contributed by atoms with Gasteiger partial charge in [-0.15, -0.1) is 0 Å². The zero-order valence-corrected chi connectivity index (χ0v) is 15.5. The average molecular weight is 356 g/mol. The molecular formula is C20H24N2O4. The lowest BCUT2D eigenvalue weighted by Crippen LogP contribution is -2.39. The number of anilines is 1. The Hall–Kier alpha value is -3.02. The van der Waals surface area contributed by atoms with E-state index < -0.39 is 0 Å². The van der Waals surface area contributed by atoms with Crippen molar-refractivity contribution in [2.45, 2.75) is 19.9 Å². The third-order valence-corrected chi connectivity index (χ3v) is 3.71. The van der Waals surface area contributed by atoms with Gasteiger partial charge in [-0.1, -0.05) is 23.4 Å². The SMILES string of the molecule is COc1ccc(OC)c(/C=N\OCC(=O)N(c2ccccc2)C(C)C)c1. The lowest BCUT2D eigenvalue weighted by molar-refractivity contribution is -0.123. The van der Waals surface area contributed by atoms with E-state index in [-0.39, 0.29) is 18.6 Å². The normalized spacial score (nSPS) is 10.8. The number of carbonyl (C=O) groups excluding carboxylic acids is 1. The van der Waals surface area contributed by atoms with Gasteiger partial charge in [-0.3, -0.25) is 4.79 Å². The molecule has 0 spiro atoms. The van der Waals surface area contributed by atoms with Crippen molar-refractivity contribution < 1.29 is 19.1 Å². The lowest BCUT2D eigenvalue weighted by atomic mass is 10.2. The van der Waals surface area contributed by atoms with E-state index in [1.54, 1.807) is 37.3 Å². The summed E-state index contributed by atoms with van der Waals surface area (Å²) in [5.41, 5.74) is 1.53. The molecule has 2 aromatic carbocycles. The summed E-state index contributed by atoms with van der Waals surface area (Å²) in [7, 11) is 3.16. The molecule has 0 aliphatic heterocycles. The van der Waals surface area contributed by atoms with Crippen LogP contribution in [0.4, 0.5) is 5.69 Å². The Morgan fingerprint density at radius 2 is 1.85 bits per heavy atom. The van der Waals surface area contributed by atoms with Gasteiger partial charge in [0.25, 0.3) is 5.91 Å². The summed E-state index contributed by atoms with van der Waals surface area (Å²) in [6.45, 7) is 3.75. The minimum atomic E-state index is -0.166. The van der Waals surface area contributed by atoms with Gasteiger partial charge in [0, 0.05) is 17.3 Å². The number of hydrogen-bond acceptors (Lipinski definition) is 5. The van der Waals surface area contributed by atoms with Crippen LogP contribution in [0.5, 0.6) is 11.5 Å². The van der Waals surface area contributed by atoms with Crippen LogP contribution in [-0.2, 0) is 9.63 Å². The Morgan fingerprint density at radius 3 is 2.46 bits per heavy atom. The number of rotatable bonds is 8. The summed E-state index contributed by atoms with van der Waals surface area (Å²) >= 11 is 0. The van der Waals surface area contributed by atoms with Crippen molar-refractivity contribution in [3.63, 3.8) is 0 Å². The van der Waals surface area contributed by atoms with Crippen LogP contribution in [0.3, 0.4) is 0 Å². The zero-order chi connectivity index (χ0) is 18.9. The van der Waals surface area contributed by atoms with E-state index in [1.807, 2.05) is 44.2 Å². The van der Waals surface area contributed by atoms with E-state index in [4.69, 9.17) is 14.3 Å². The summed E-state index contributed by atoms with van der Waals surface area (Å²) in [6.07, 6.45) is 1.50. The standard InChI is InChI=1S/C20H24N2O4/c1-15(2)22(17-8-6-5-7-9-17)20(23)14-26-21-13-16-12-18(24-3)10-11-19(16)25-4/h5-13,15H,14H2,1-4H3/b21-13-. The number of nitrogens with zero attached hydrogens (tertiary/aromatic N) is 2. The van der Waals surface area contributed by atoms with Crippen LogP contribution in [0.15, 0.2) is 53.7 Å². The zero-order valence-electron chi connectivity index (χ0n) is 15.5. The van der Waals surface area contributed by atoms with Crippen molar-refractivity contribution in [2.24, 2.45) is 5.16 Å². The van der Waals surface area contributed by atoms with E-state index in [1.165, 1.54) is 6.21 Å². The van der Waals surface area contributed by atoms with Crippen molar-refractivity contribution in [3.05, 3.63) is 54.1 Å². The first-order chi connectivity index (χ1) is 12.6. The molecule has 0 saturated heterocycles. The summed E-state index contributed by atoms with van der Waals surface area (Å²) < 4.78 is 10.5. The van der Waals surface area contributed by atoms with Gasteiger partial charge in [-0.2, -0.15) is 0 Å². The predicted molar refractivity (Wildman–Crippen MR) is 102 cm³/mol. The molecule has 0 aromatic heterocycles. The number of hydrogen-bond donors (Lipinski definition) is 0. The summed E-state index contributed by atoms with van der Waals surface area (Å²) in [5.74, 6) is 1.15. The quantitative estimate of drug-likeness (QED) is 0.536. The molecule has 1 amide bonds. The first-order valence-electron chi connectivity index (χ1n) is 8.31. The molecule has 26 heavy (non-hydrogen) atoms. The number of amides is 1. The van der Waals surface area contributed by atoms with Crippen LogP contribution in [0.1, 0.15) is 19.4 Å². The Balaban J connectivity index is 2.02. The van der Waals surface area contributed by atoms with Gasteiger partial charge in [0.2, 0.25) is 0 Å². The number of benzene rings is 2. The summed E-state index contributed by atoms with van der Waals surface area (Å²) in [6, 6.07) is 14.8. The molecule has 0 radical (unpaired) electrons. The van der Waals surface area contributed by atoms with Gasteiger partial charge in [-0.25, -0.2) is 0 Å². The van der Waals surface area contributed by atoms with E-state index in [9.17, 15) is 4.79 Å². The summed E-state index contributed by atoms with van der Waals surface area (Å²) in [5, 5.41) is 3.89.